The van der Waals surface area contributed by atoms with E-state index >= 15 is 0 Å². The second kappa shape index (κ2) is 9.41. The molecule has 1 aromatic carbocycles. The van der Waals surface area contributed by atoms with Gasteiger partial charge in [-0.25, -0.2) is 4.98 Å². The molecular formula is C20H25N5O2S2. The first kappa shape index (κ1) is 21.3. The predicted molar refractivity (Wildman–Crippen MR) is 117 cm³/mol. The summed E-state index contributed by atoms with van der Waals surface area (Å²) in [5, 5.41) is 12.6. The molecule has 2 heterocycles. The van der Waals surface area contributed by atoms with Crippen LogP contribution < -0.4 is 10.1 Å². The Kier molecular flexibility index (Phi) is 6.92. The molecule has 7 nitrogen and oxygen atoms in total. The fourth-order valence-electron chi connectivity index (χ4n) is 2.73. The van der Waals surface area contributed by atoms with Crippen molar-refractivity contribution in [1.29, 1.82) is 0 Å². The van der Waals surface area contributed by atoms with Crippen molar-refractivity contribution in [1.82, 2.24) is 19.7 Å². The SMILES string of the molecule is CCn1c(Cc2ccc(OC)cc2)nnc1SC(C)C(=O)Nc1nc(C)c(C)s1. The van der Waals surface area contributed by atoms with Crippen LogP contribution in [0.1, 0.15) is 35.8 Å². The Morgan fingerprint density at radius 2 is 2.00 bits per heavy atom. The largest absolute Gasteiger partial charge is 0.497 e. The number of amides is 1. The van der Waals surface area contributed by atoms with Gasteiger partial charge in [0.2, 0.25) is 5.91 Å². The molecule has 1 atom stereocenters. The Balaban J connectivity index is 1.67. The number of anilines is 1. The number of thiazole rings is 1. The molecule has 0 aliphatic carbocycles. The van der Waals surface area contributed by atoms with E-state index in [2.05, 4.69) is 32.0 Å². The van der Waals surface area contributed by atoms with Crippen LogP contribution in [0.2, 0.25) is 0 Å². The number of thioether (sulfide) groups is 1. The monoisotopic (exact) mass is 431 g/mol. The first-order valence-corrected chi connectivity index (χ1v) is 11.1. The lowest BCUT2D eigenvalue weighted by molar-refractivity contribution is -0.115. The van der Waals surface area contributed by atoms with Crippen LogP contribution in [0.3, 0.4) is 0 Å². The third-order valence-corrected chi connectivity index (χ3v) is 6.61. The second-order valence-corrected chi connectivity index (χ2v) is 9.09. The molecule has 0 saturated heterocycles. The molecule has 0 fully saturated rings. The quantitative estimate of drug-likeness (QED) is 0.541. The number of hydrogen-bond acceptors (Lipinski definition) is 7. The Morgan fingerprint density at radius 3 is 2.59 bits per heavy atom. The summed E-state index contributed by atoms with van der Waals surface area (Å²) in [4.78, 5) is 18.0. The number of nitrogens with one attached hydrogen (secondary N) is 1. The number of rotatable bonds is 8. The lowest BCUT2D eigenvalue weighted by atomic mass is 10.1. The van der Waals surface area contributed by atoms with Crippen LogP contribution >= 0.6 is 23.1 Å². The van der Waals surface area contributed by atoms with Gasteiger partial charge in [0.15, 0.2) is 10.3 Å². The van der Waals surface area contributed by atoms with Crippen molar-refractivity contribution >= 4 is 34.1 Å². The van der Waals surface area contributed by atoms with Gasteiger partial charge in [-0.3, -0.25) is 4.79 Å². The van der Waals surface area contributed by atoms with Gasteiger partial charge in [0.25, 0.3) is 0 Å². The van der Waals surface area contributed by atoms with Crippen molar-refractivity contribution < 1.29 is 9.53 Å². The average Bonchev–Trinajstić information content (AvgIpc) is 3.23. The molecule has 2 aromatic heterocycles. The summed E-state index contributed by atoms with van der Waals surface area (Å²) in [7, 11) is 1.65. The van der Waals surface area contributed by atoms with Crippen molar-refractivity contribution in [2.24, 2.45) is 0 Å². The maximum Gasteiger partial charge on any atom is 0.239 e. The minimum atomic E-state index is -0.317. The summed E-state index contributed by atoms with van der Waals surface area (Å²) in [5.41, 5.74) is 2.07. The lowest BCUT2D eigenvalue weighted by Gasteiger charge is -2.12. The van der Waals surface area contributed by atoms with Gasteiger partial charge in [-0.05, 0) is 45.4 Å². The van der Waals surface area contributed by atoms with Crippen LogP contribution in [0.15, 0.2) is 29.4 Å². The van der Waals surface area contributed by atoms with Crippen LogP contribution in [-0.4, -0.2) is 38.0 Å². The van der Waals surface area contributed by atoms with Crippen molar-refractivity contribution in [3.8, 4) is 5.75 Å². The van der Waals surface area contributed by atoms with Gasteiger partial charge in [-0.2, -0.15) is 0 Å². The smallest absolute Gasteiger partial charge is 0.239 e. The van der Waals surface area contributed by atoms with Crippen LogP contribution in [0.5, 0.6) is 5.75 Å². The van der Waals surface area contributed by atoms with Crippen LogP contribution in [-0.2, 0) is 17.8 Å². The van der Waals surface area contributed by atoms with Crippen molar-refractivity contribution in [3.63, 3.8) is 0 Å². The molecule has 1 unspecified atom stereocenters. The molecule has 0 spiro atoms. The van der Waals surface area contributed by atoms with Crippen molar-refractivity contribution in [3.05, 3.63) is 46.2 Å². The third kappa shape index (κ3) is 5.16. The van der Waals surface area contributed by atoms with E-state index in [-0.39, 0.29) is 11.2 Å². The molecule has 29 heavy (non-hydrogen) atoms. The molecule has 0 bridgehead atoms. The molecule has 0 aliphatic heterocycles. The highest BCUT2D eigenvalue weighted by Gasteiger charge is 2.21. The number of ether oxygens (including phenoxy) is 1. The third-order valence-electron chi connectivity index (χ3n) is 4.54. The van der Waals surface area contributed by atoms with E-state index in [1.54, 1.807) is 7.11 Å². The number of nitrogens with zero attached hydrogens (tertiary/aromatic N) is 4. The lowest BCUT2D eigenvalue weighted by Crippen LogP contribution is -2.23. The summed E-state index contributed by atoms with van der Waals surface area (Å²) in [6.45, 7) is 8.59. The highest BCUT2D eigenvalue weighted by Crippen LogP contribution is 2.26. The molecule has 1 N–H and O–H groups in total. The first-order valence-electron chi connectivity index (χ1n) is 9.37. The zero-order chi connectivity index (χ0) is 21.0. The van der Waals surface area contributed by atoms with Crippen LogP contribution in [0, 0.1) is 13.8 Å². The number of carbonyl (C=O) groups is 1. The Bertz CT molecular complexity index is 962. The van der Waals surface area contributed by atoms with Crippen LogP contribution in [0.25, 0.3) is 0 Å². The molecule has 0 radical (unpaired) electrons. The number of benzene rings is 1. The van der Waals surface area contributed by atoms with Gasteiger partial charge in [0, 0.05) is 17.8 Å². The number of aryl methyl sites for hydroxylation is 2. The molecule has 154 valence electrons. The molecule has 9 heteroatoms. The summed E-state index contributed by atoms with van der Waals surface area (Å²) >= 11 is 2.89. The summed E-state index contributed by atoms with van der Waals surface area (Å²) in [5.74, 6) is 1.61. The minimum Gasteiger partial charge on any atom is -0.497 e. The van der Waals surface area contributed by atoms with Crippen molar-refractivity contribution in [2.75, 3.05) is 12.4 Å². The van der Waals surface area contributed by atoms with E-state index in [1.165, 1.54) is 23.1 Å². The summed E-state index contributed by atoms with van der Waals surface area (Å²) in [6.07, 6.45) is 0.670. The van der Waals surface area contributed by atoms with E-state index in [0.29, 0.717) is 11.6 Å². The predicted octanol–water partition coefficient (Wildman–Crippen LogP) is 4.09. The second-order valence-electron chi connectivity index (χ2n) is 6.58. The Hall–Kier alpha value is -2.39. The minimum absolute atomic E-state index is 0.0916. The number of carbonyl (C=O) groups excluding carboxylic acids is 1. The van der Waals surface area contributed by atoms with Gasteiger partial charge >= 0.3 is 0 Å². The van der Waals surface area contributed by atoms with E-state index in [9.17, 15) is 4.79 Å². The molecule has 1 amide bonds. The number of aromatic nitrogens is 4. The van der Waals surface area contributed by atoms with Gasteiger partial charge in [0.1, 0.15) is 11.6 Å². The van der Waals surface area contributed by atoms with Gasteiger partial charge in [-0.1, -0.05) is 23.9 Å². The zero-order valence-electron chi connectivity index (χ0n) is 17.2. The molecule has 3 rings (SSSR count). The molecule has 3 aromatic rings. The Labute approximate surface area is 178 Å². The fourth-order valence-corrected chi connectivity index (χ4v) is 4.47. The first-order chi connectivity index (χ1) is 13.9. The summed E-state index contributed by atoms with van der Waals surface area (Å²) in [6, 6.07) is 7.92. The zero-order valence-corrected chi connectivity index (χ0v) is 18.9. The van der Waals surface area contributed by atoms with Gasteiger partial charge in [0.05, 0.1) is 18.1 Å². The van der Waals surface area contributed by atoms with Crippen molar-refractivity contribution in [2.45, 2.75) is 51.1 Å². The maximum absolute atomic E-state index is 12.6. The average molecular weight is 432 g/mol. The standard InChI is InChI=1S/C20H25N5O2S2/c1-6-25-17(11-15-7-9-16(27-5)10-8-15)23-24-20(25)29-14(4)18(26)22-19-21-12(2)13(3)28-19/h7-10,14H,6,11H2,1-5H3,(H,21,22,26). The maximum atomic E-state index is 12.6. The molecule has 0 aliphatic rings. The number of hydrogen-bond donors (Lipinski definition) is 1. The summed E-state index contributed by atoms with van der Waals surface area (Å²) < 4.78 is 7.26. The van der Waals surface area contributed by atoms with E-state index in [1.807, 2.05) is 45.0 Å². The molecule has 0 saturated carbocycles. The van der Waals surface area contributed by atoms with Gasteiger partial charge in [-0.15, -0.1) is 21.5 Å². The van der Waals surface area contributed by atoms with E-state index in [0.717, 1.165) is 39.4 Å². The Morgan fingerprint density at radius 1 is 1.28 bits per heavy atom. The highest BCUT2D eigenvalue weighted by molar-refractivity contribution is 8.00. The fraction of sp³-hybridized carbons (Fsp3) is 0.400. The van der Waals surface area contributed by atoms with Gasteiger partial charge < -0.3 is 14.6 Å². The number of methoxy groups -OCH3 is 1. The normalized spacial score (nSPS) is 12.0. The van der Waals surface area contributed by atoms with E-state index in [4.69, 9.17) is 4.74 Å². The highest BCUT2D eigenvalue weighted by atomic mass is 32.2. The topological polar surface area (TPSA) is 81.9 Å². The van der Waals surface area contributed by atoms with E-state index < -0.39 is 0 Å². The molecular weight excluding hydrogens is 406 g/mol. The van der Waals surface area contributed by atoms with Crippen LogP contribution in [0.4, 0.5) is 5.13 Å².